The van der Waals surface area contributed by atoms with Crippen molar-refractivity contribution in [3.63, 3.8) is 0 Å². The number of hydrogen-bond donors (Lipinski definition) is 1. The second-order valence-electron chi connectivity index (χ2n) is 5.64. The van der Waals surface area contributed by atoms with Gasteiger partial charge in [-0.15, -0.1) is 0 Å². The summed E-state index contributed by atoms with van der Waals surface area (Å²) in [5.74, 6) is 1.06. The fraction of sp³-hybridized carbons (Fsp3) is 0.167. The van der Waals surface area contributed by atoms with Crippen LogP contribution in [0.5, 0.6) is 0 Å². The summed E-state index contributed by atoms with van der Waals surface area (Å²) >= 11 is 0. The van der Waals surface area contributed by atoms with Gasteiger partial charge < -0.3 is 5.32 Å². The van der Waals surface area contributed by atoms with Gasteiger partial charge in [-0.1, -0.05) is 12.1 Å². The Morgan fingerprint density at radius 3 is 2.56 bits per heavy atom. The van der Waals surface area contributed by atoms with E-state index >= 15 is 0 Å². The lowest BCUT2D eigenvalue weighted by atomic mass is 10.1. The van der Waals surface area contributed by atoms with E-state index in [-0.39, 0.29) is 11.6 Å². The molecule has 0 amide bonds. The van der Waals surface area contributed by atoms with E-state index in [1.165, 1.54) is 26.4 Å². The minimum atomic E-state index is -0.0443. The van der Waals surface area contributed by atoms with E-state index in [0.29, 0.717) is 22.8 Å². The lowest BCUT2D eigenvalue weighted by molar-refractivity contribution is 0.100. The third-order valence-corrected chi connectivity index (χ3v) is 3.80. The van der Waals surface area contributed by atoms with E-state index in [1.807, 2.05) is 13.0 Å². The van der Waals surface area contributed by atoms with Gasteiger partial charge in [0.05, 0.1) is 17.5 Å². The molecule has 0 fully saturated rings. The number of aromatic nitrogens is 4. The molecule has 126 valence electrons. The van der Waals surface area contributed by atoms with Crippen LogP contribution in [0.3, 0.4) is 0 Å². The van der Waals surface area contributed by atoms with Gasteiger partial charge in [-0.05, 0) is 32.9 Å². The average Bonchev–Trinajstić information content (AvgIpc) is 2.97. The molecular weight excluding hydrogens is 318 g/mol. The SMILES string of the molecule is CC(=O)c1cccc(Nc2cc(-n3ncc(C(C)=O)c3C)ncn2)c1. The van der Waals surface area contributed by atoms with Crippen molar-refractivity contribution in [1.29, 1.82) is 0 Å². The molecule has 25 heavy (non-hydrogen) atoms. The molecule has 0 bridgehead atoms. The molecule has 1 N–H and O–H groups in total. The van der Waals surface area contributed by atoms with Crippen molar-refractivity contribution < 1.29 is 9.59 Å². The topological polar surface area (TPSA) is 89.8 Å². The van der Waals surface area contributed by atoms with E-state index in [0.717, 1.165) is 11.4 Å². The van der Waals surface area contributed by atoms with Gasteiger partial charge in [0.25, 0.3) is 0 Å². The fourth-order valence-corrected chi connectivity index (χ4v) is 2.48. The highest BCUT2D eigenvalue weighted by Gasteiger charge is 2.13. The molecule has 7 nitrogen and oxygen atoms in total. The summed E-state index contributed by atoms with van der Waals surface area (Å²) < 4.78 is 1.59. The number of hydrogen-bond acceptors (Lipinski definition) is 6. The number of rotatable bonds is 5. The zero-order valence-electron chi connectivity index (χ0n) is 14.1. The predicted molar refractivity (Wildman–Crippen MR) is 93.6 cm³/mol. The summed E-state index contributed by atoms with van der Waals surface area (Å²) in [5.41, 5.74) is 2.64. The molecule has 0 atom stereocenters. The molecule has 2 aromatic heterocycles. The number of benzene rings is 1. The van der Waals surface area contributed by atoms with Gasteiger partial charge in [-0.25, -0.2) is 14.6 Å². The van der Waals surface area contributed by atoms with E-state index in [1.54, 1.807) is 28.9 Å². The minimum Gasteiger partial charge on any atom is -0.340 e. The maximum Gasteiger partial charge on any atom is 0.163 e. The zero-order chi connectivity index (χ0) is 18.0. The quantitative estimate of drug-likeness (QED) is 0.721. The lowest BCUT2D eigenvalue weighted by Gasteiger charge is -2.09. The van der Waals surface area contributed by atoms with Crippen LogP contribution in [-0.4, -0.2) is 31.3 Å². The number of anilines is 2. The highest BCUT2D eigenvalue weighted by atomic mass is 16.1. The van der Waals surface area contributed by atoms with Gasteiger partial charge in [0.15, 0.2) is 17.4 Å². The third-order valence-electron chi connectivity index (χ3n) is 3.80. The summed E-state index contributed by atoms with van der Waals surface area (Å²) in [6, 6.07) is 8.90. The van der Waals surface area contributed by atoms with Crippen LogP contribution in [0, 0.1) is 6.92 Å². The maximum atomic E-state index is 11.6. The molecular formula is C18H17N5O2. The highest BCUT2D eigenvalue weighted by Crippen LogP contribution is 2.19. The summed E-state index contributed by atoms with van der Waals surface area (Å²) in [6.45, 7) is 4.84. The Hall–Kier alpha value is -3.35. The number of carbonyl (C=O) groups is 2. The van der Waals surface area contributed by atoms with Gasteiger partial charge >= 0.3 is 0 Å². The number of Topliss-reactive ketones (excluding diaryl/α,β-unsaturated/α-hetero) is 2. The normalized spacial score (nSPS) is 10.5. The molecule has 3 rings (SSSR count). The van der Waals surface area contributed by atoms with E-state index in [4.69, 9.17) is 0 Å². The Balaban J connectivity index is 1.91. The first-order valence-electron chi connectivity index (χ1n) is 7.71. The van der Waals surface area contributed by atoms with Crippen LogP contribution in [0.15, 0.2) is 42.9 Å². The highest BCUT2D eigenvalue weighted by molar-refractivity contribution is 5.95. The Labute approximate surface area is 144 Å². The van der Waals surface area contributed by atoms with Crippen LogP contribution in [0.1, 0.15) is 40.3 Å². The van der Waals surface area contributed by atoms with Crippen molar-refractivity contribution in [3.8, 4) is 5.82 Å². The van der Waals surface area contributed by atoms with Crippen molar-refractivity contribution in [2.24, 2.45) is 0 Å². The van der Waals surface area contributed by atoms with Crippen LogP contribution in [-0.2, 0) is 0 Å². The molecule has 0 unspecified atom stereocenters. The van der Waals surface area contributed by atoms with Gasteiger partial charge in [-0.3, -0.25) is 9.59 Å². The molecule has 0 aliphatic carbocycles. The number of ketones is 2. The van der Waals surface area contributed by atoms with Crippen molar-refractivity contribution in [3.05, 3.63) is 59.7 Å². The molecule has 7 heteroatoms. The largest absolute Gasteiger partial charge is 0.340 e. The summed E-state index contributed by atoms with van der Waals surface area (Å²) in [5, 5.41) is 7.37. The molecule has 0 spiro atoms. The van der Waals surface area contributed by atoms with Crippen molar-refractivity contribution >= 4 is 23.1 Å². The van der Waals surface area contributed by atoms with E-state index < -0.39 is 0 Å². The molecule has 2 heterocycles. The summed E-state index contributed by atoms with van der Waals surface area (Å²) in [7, 11) is 0. The van der Waals surface area contributed by atoms with Crippen LogP contribution in [0.2, 0.25) is 0 Å². The number of nitrogens with zero attached hydrogens (tertiary/aromatic N) is 4. The summed E-state index contributed by atoms with van der Waals surface area (Å²) in [4.78, 5) is 31.5. The fourth-order valence-electron chi connectivity index (χ4n) is 2.48. The minimum absolute atomic E-state index is 0.00375. The van der Waals surface area contributed by atoms with Gasteiger partial charge in [0.1, 0.15) is 12.1 Å². The van der Waals surface area contributed by atoms with Crippen LogP contribution in [0.4, 0.5) is 11.5 Å². The van der Waals surface area contributed by atoms with E-state index in [9.17, 15) is 9.59 Å². The first kappa shape index (κ1) is 16.5. The maximum absolute atomic E-state index is 11.6. The molecule has 0 radical (unpaired) electrons. The van der Waals surface area contributed by atoms with Crippen molar-refractivity contribution in [2.45, 2.75) is 20.8 Å². The molecule has 0 aliphatic heterocycles. The smallest absolute Gasteiger partial charge is 0.163 e. The van der Waals surface area contributed by atoms with Crippen LogP contribution >= 0.6 is 0 Å². The molecule has 0 aliphatic rings. The zero-order valence-corrected chi connectivity index (χ0v) is 14.1. The van der Waals surface area contributed by atoms with Gasteiger partial charge in [0.2, 0.25) is 0 Å². The third kappa shape index (κ3) is 3.45. The Kier molecular flexibility index (Phi) is 4.38. The van der Waals surface area contributed by atoms with Crippen molar-refractivity contribution in [1.82, 2.24) is 19.7 Å². The average molecular weight is 335 g/mol. The standard InChI is InChI=1S/C18H17N5O2/c1-11-16(13(3)25)9-21-23(11)18-8-17(19-10-20-18)22-15-6-4-5-14(7-15)12(2)24/h4-10H,1-3H3,(H,19,20,22). The van der Waals surface area contributed by atoms with Crippen molar-refractivity contribution in [2.75, 3.05) is 5.32 Å². The Morgan fingerprint density at radius 1 is 1.08 bits per heavy atom. The second-order valence-corrected chi connectivity index (χ2v) is 5.64. The second kappa shape index (κ2) is 6.64. The predicted octanol–water partition coefficient (Wildman–Crippen LogP) is 3.12. The Morgan fingerprint density at radius 2 is 1.88 bits per heavy atom. The number of nitrogens with one attached hydrogen (secondary N) is 1. The van der Waals surface area contributed by atoms with Crippen LogP contribution < -0.4 is 5.32 Å². The first-order valence-corrected chi connectivity index (χ1v) is 7.71. The van der Waals surface area contributed by atoms with Gasteiger partial charge in [0, 0.05) is 17.3 Å². The van der Waals surface area contributed by atoms with Crippen LogP contribution in [0.25, 0.3) is 5.82 Å². The lowest BCUT2D eigenvalue weighted by Crippen LogP contribution is -2.05. The molecule has 0 saturated carbocycles. The van der Waals surface area contributed by atoms with Gasteiger partial charge in [-0.2, -0.15) is 5.10 Å². The molecule has 3 aromatic rings. The van der Waals surface area contributed by atoms with E-state index in [2.05, 4.69) is 20.4 Å². The molecule has 1 aromatic carbocycles. The first-order chi connectivity index (χ1) is 12.0. The summed E-state index contributed by atoms with van der Waals surface area (Å²) in [6.07, 6.45) is 2.95. The molecule has 0 saturated heterocycles. The monoisotopic (exact) mass is 335 g/mol. The Bertz CT molecular complexity index is 962. The number of carbonyl (C=O) groups excluding carboxylic acids is 2.